The zero-order valence-electron chi connectivity index (χ0n) is 17.4. The number of nitrogens with zero attached hydrogens (tertiary/aromatic N) is 1. The number of oxazole rings is 1. The molecule has 166 valence electrons. The summed E-state index contributed by atoms with van der Waals surface area (Å²) < 4.78 is 17.7. The van der Waals surface area contributed by atoms with Crippen molar-refractivity contribution in [1.29, 1.82) is 0 Å². The molecule has 31 heavy (non-hydrogen) atoms. The highest BCUT2D eigenvalue weighted by Gasteiger charge is 2.35. The second-order valence-corrected chi connectivity index (χ2v) is 9.46. The van der Waals surface area contributed by atoms with Crippen LogP contribution in [-0.2, 0) is 9.53 Å². The van der Waals surface area contributed by atoms with Crippen LogP contribution in [0.25, 0.3) is 0 Å². The quantitative estimate of drug-likeness (QED) is 0.735. The number of rotatable bonds is 4. The summed E-state index contributed by atoms with van der Waals surface area (Å²) in [7, 11) is 0. The van der Waals surface area contributed by atoms with Crippen molar-refractivity contribution in [2.24, 2.45) is 5.92 Å². The molecule has 3 heterocycles. The molecule has 7 nitrogen and oxygen atoms in total. The molecule has 1 amide bonds. The van der Waals surface area contributed by atoms with E-state index >= 15 is 0 Å². The smallest absolute Gasteiger partial charge is 0.261 e. The van der Waals surface area contributed by atoms with Crippen LogP contribution in [0.4, 0.5) is 0 Å². The van der Waals surface area contributed by atoms with E-state index in [1.807, 2.05) is 6.20 Å². The zero-order valence-corrected chi connectivity index (χ0v) is 18.2. The molecule has 5 rings (SSSR count). The molecule has 2 aliphatic heterocycles. The lowest BCUT2D eigenvalue weighted by molar-refractivity contribution is -0.132. The van der Waals surface area contributed by atoms with Gasteiger partial charge in [-0.1, -0.05) is 18.5 Å². The number of hydrogen-bond donors (Lipinski definition) is 2. The molecule has 8 heteroatoms. The number of carbonyl (C=O) groups is 1. The topological polar surface area (TPSA) is 93.8 Å². The summed E-state index contributed by atoms with van der Waals surface area (Å²) in [6, 6.07) is 4.92. The summed E-state index contributed by atoms with van der Waals surface area (Å²) in [5, 5.41) is 13.9. The summed E-state index contributed by atoms with van der Waals surface area (Å²) in [5.41, 5.74) is 0.613. The van der Waals surface area contributed by atoms with Gasteiger partial charge in [0.15, 0.2) is 6.10 Å². The summed E-state index contributed by atoms with van der Waals surface area (Å²) >= 11 is 5.99. The normalized spacial score (nSPS) is 32.5. The van der Waals surface area contributed by atoms with Gasteiger partial charge in [-0.25, -0.2) is 4.98 Å². The van der Waals surface area contributed by atoms with E-state index < -0.39 is 12.2 Å². The van der Waals surface area contributed by atoms with Gasteiger partial charge in [-0.3, -0.25) is 4.79 Å². The van der Waals surface area contributed by atoms with Crippen LogP contribution in [0, 0.1) is 5.92 Å². The van der Waals surface area contributed by atoms with Crippen molar-refractivity contribution in [3.05, 3.63) is 46.6 Å². The van der Waals surface area contributed by atoms with E-state index in [0.717, 1.165) is 37.4 Å². The van der Waals surface area contributed by atoms with Crippen molar-refractivity contribution < 1.29 is 23.8 Å². The number of halogens is 1. The molecule has 0 unspecified atom stereocenters. The van der Waals surface area contributed by atoms with Gasteiger partial charge < -0.3 is 24.3 Å². The number of amides is 1. The highest BCUT2D eigenvalue weighted by atomic mass is 35.5. The number of fused-ring (bicyclic) bond motifs is 1. The maximum Gasteiger partial charge on any atom is 0.261 e. The minimum Gasteiger partial charge on any atom is -0.480 e. The number of aliphatic hydroxyl groups is 1. The summed E-state index contributed by atoms with van der Waals surface area (Å²) in [4.78, 5) is 17.2. The first-order valence-electron chi connectivity index (χ1n) is 11.0. The van der Waals surface area contributed by atoms with Gasteiger partial charge in [0, 0.05) is 22.9 Å². The van der Waals surface area contributed by atoms with E-state index in [9.17, 15) is 9.90 Å². The Balaban J connectivity index is 1.13. The number of aliphatic hydroxyl groups excluding tert-OH is 1. The summed E-state index contributed by atoms with van der Waals surface area (Å²) in [6.45, 7) is 2.63. The highest BCUT2D eigenvalue weighted by molar-refractivity contribution is 6.30. The maximum absolute atomic E-state index is 12.7. The number of ether oxygens (including phenoxy) is 2. The number of benzene rings is 1. The van der Waals surface area contributed by atoms with E-state index in [0.29, 0.717) is 34.8 Å². The standard InChI is InChI=1S/C23H27ClN2O5/c1-12-6-13(7-12)21-10-25-23(31-21)19-5-3-15(11-29-19)26-22(28)20-9-17(27)16-8-14(24)2-4-18(16)30-20/h2,4,8,10,12-13,15,17,19-20,27H,3,5-7,9,11H2,1H3,(H,26,28)/t12?,13?,15-,17-,19+,20-/m1/s1. The highest BCUT2D eigenvalue weighted by Crippen LogP contribution is 2.42. The lowest BCUT2D eigenvalue weighted by atomic mass is 9.75. The van der Waals surface area contributed by atoms with Crippen LogP contribution < -0.4 is 10.1 Å². The molecule has 2 N–H and O–H groups in total. The van der Waals surface area contributed by atoms with E-state index in [1.165, 1.54) is 0 Å². The van der Waals surface area contributed by atoms with Gasteiger partial charge in [0.2, 0.25) is 5.89 Å². The third-order valence-corrected chi connectivity index (χ3v) is 6.78. The summed E-state index contributed by atoms with van der Waals surface area (Å²) in [6.07, 6.45) is 4.10. The third kappa shape index (κ3) is 4.31. The fourth-order valence-electron chi connectivity index (χ4n) is 4.71. The van der Waals surface area contributed by atoms with Crippen LogP contribution >= 0.6 is 11.6 Å². The van der Waals surface area contributed by atoms with Gasteiger partial charge in [-0.05, 0) is 49.8 Å². The van der Waals surface area contributed by atoms with Crippen LogP contribution in [0.1, 0.15) is 74.4 Å². The second kappa shape index (κ2) is 8.45. The molecule has 1 aromatic carbocycles. The number of carbonyl (C=O) groups excluding carboxylic acids is 1. The van der Waals surface area contributed by atoms with Crippen molar-refractivity contribution >= 4 is 17.5 Å². The Hall–Kier alpha value is -2.09. The van der Waals surface area contributed by atoms with E-state index in [4.69, 9.17) is 25.5 Å². The van der Waals surface area contributed by atoms with Gasteiger partial charge >= 0.3 is 0 Å². The Bertz CT molecular complexity index is 949. The van der Waals surface area contributed by atoms with Crippen LogP contribution in [0.5, 0.6) is 5.75 Å². The first kappa shape index (κ1) is 20.8. The molecule has 2 fully saturated rings. The van der Waals surface area contributed by atoms with E-state index in [1.54, 1.807) is 18.2 Å². The molecular formula is C23H27ClN2O5. The molecule has 1 saturated carbocycles. The van der Waals surface area contributed by atoms with Crippen molar-refractivity contribution in [3.8, 4) is 5.75 Å². The van der Waals surface area contributed by atoms with Crippen LogP contribution in [-0.4, -0.2) is 34.8 Å². The monoisotopic (exact) mass is 446 g/mol. The van der Waals surface area contributed by atoms with Crippen LogP contribution in [0.2, 0.25) is 5.02 Å². The Morgan fingerprint density at radius 3 is 2.84 bits per heavy atom. The first-order chi connectivity index (χ1) is 15.0. The van der Waals surface area contributed by atoms with Gasteiger partial charge in [-0.2, -0.15) is 0 Å². The minimum absolute atomic E-state index is 0.113. The van der Waals surface area contributed by atoms with E-state index in [2.05, 4.69) is 17.2 Å². The molecule has 0 bridgehead atoms. The van der Waals surface area contributed by atoms with Crippen molar-refractivity contribution in [3.63, 3.8) is 0 Å². The summed E-state index contributed by atoms with van der Waals surface area (Å²) in [5.74, 6) is 3.08. The van der Waals surface area contributed by atoms with Crippen molar-refractivity contribution in [2.45, 2.75) is 69.3 Å². The molecule has 4 atom stereocenters. The molecule has 0 spiro atoms. The number of hydrogen-bond acceptors (Lipinski definition) is 6. The fraction of sp³-hybridized carbons (Fsp3) is 0.565. The van der Waals surface area contributed by atoms with Gasteiger partial charge in [0.25, 0.3) is 5.91 Å². The van der Waals surface area contributed by atoms with Gasteiger partial charge in [-0.15, -0.1) is 0 Å². The Morgan fingerprint density at radius 1 is 1.26 bits per heavy atom. The van der Waals surface area contributed by atoms with Crippen LogP contribution in [0.3, 0.4) is 0 Å². The molecule has 1 aliphatic carbocycles. The van der Waals surface area contributed by atoms with Gasteiger partial charge in [0.1, 0.15) is 17.6 Å². The Morgan fingerprint density at radius 2 is 2.10 bits per heavy atom. The van der Waals surface area contributed by atoms with Crippen molar-refractivity contribution in [1.82, 2.24) is 10.3 Å². The van der Waals surface area contributed by atoms with Gasteiger partial charge in [0.05, 0.1) is 24.9 Å². The van der Waals surface area contributed by atoms with Crippen LogP contribution in [0.15, 0.2) is 28.8 Å². The number of aromatic nitrogens is 1. The fourth-order valence-corrected chi connectivity index (χ4v) is 4.89. The third-order valence-electron chi connectivity index (χ3n) is 6.55. The lowest BCUT2D eigenvalue weighted by Gasteiger charge is -2.32. The molecule has 1 saturated heterocycles. The SMILES string of the molecule is CC1CC(c2cnc([C@@H]3CC[C@@H](NC(=O)[C@H]4C[C@@H](O)c5cc(Cl)ccc5O4)CO3)o2)C1. The lowest BCUT2D eigenvalue weighted by Crippen LogP contribution is -2.48. The first-order valence-corrected chi connectivity index (χ1v) is 11.4. The number of nitrogens with one attached hydrogen (secondary N) is 1. The van der Waals surface area contributed by atoms with Crippen molar-refractivity contribution in [2.75, 3.05) is 6.61 Å². The zero-order chi connectivity index (χ0) is 21.5. The Kier molecular flexibility index (Phi) is 5.67. The van der Waals surface area contributed by atoms with E-state index in [-0.39, 0.29) is 24.5 Å². The molecule has 2 aromatic rings. The Labute approximate surface area is 186 Å². The molecule has 3 aliphatic rings. The predicted molar refractivity (Wildman–Crippen MR) is 113 cm³/mol. The molecule has 1 aromatic heterocycles. The average molecular weight is 447 g/mol. The average Bonchev–Trinajstić information content (AvgIpc) is 3.22. The predicted octanol–water partition coefficient (Wildman–Crippen LogP) is 4.06. The molecule has 0 radical (unpaired) electrons. The maximum atomic E-state index is 12.7. The second-order valence-electron chi connectivity index (χ2n) is 9.02. The minimum atomic E-state index is -0.789. The molecular weight excluding hydrogens is 420 g/mol. The largest absolute Gasteiger partial charge is 0.480 e.